The van der Waals surface area contributed by atoms with E-state index in [2.05, 4.69) is 22.1 Å². The van der Waals surface area contributed by atoms with Crippen LogP contribution in [0.3, 0.4) is 0 Å². The quantitative estimate of drug-likeness (QED) is 0.321. The Morgan fingerprint density at radius 1 is 1.25 bits per heavy atom. The van der Waals surface area contributed by atoms with Crippen LogP contribution >= 0.6 is 11.3 Å². The van der Waals surface area contributed by atoms with Crippen LogP contribution in [0.1, 0.15) is 28.2 Å². The molecule has 1 saturated carbocycles. The van der Waals surface area contributed by atoms with Gasteiger partial charge in [0, 0.05) is 33.6 Å². The number of aryl methyl sites for hydroxylation is 1. The van der Waals surface area contributed by atoms with Gasteiger partial charge in [0.15, 0.2) is 0 Å². The second kappa shape index (κ2) is 8.33. The first-order valence-electron chi connectivity index (χ1n) is 10.5. The van der Waals surface area contributed by atoms with Gasteiger partial charge in [-0.2, -0.15) is 0 Å². The van der Waals surface area contributed by atoms with Crippen molar-refractivity contribution in [1.29, 1.82) is 0 Å². The van der Waals surface area contributed by atoms with Crippen LogP contribution in [0.25, 0.3) is 10.9 Å². The van der Waals surface area contributed by atoms with Crippen LogP contribution in [-0.2, 0) is 23.2 Å². The third kappa shape index (κ3) is 3.85. The van der Waals surface area contributed by atoms with E-state index < -0.39 is 0 Å². The van der Waals surface area contributed by atoms with Crippen LogP contribution in [0.4, 0.5) is 0 Å². The van der Waals surface area contributed by atoms with Crippen molar-refractivity contribution in [1.82, 2.24) is 15.4 Å². The molecule has 162 valence electrons. The molecule has 2 aromatic heterocycles. The van der Waals surface area contributed by atoms with Gasteiger partial charge in [-0.1, -0.05) is 30.3 Å². The second-order valence-electron chi connectivity index (χ2n) is 8.28. The van der Waals surface area contributed by atoms with Crippen molar-refractivity contribution in [3.05, 3.63) is 88.0 Å². The highest BCUT2D eigenvalue weighted by atomic mass is 32.1. The lowest BCUT2D eigenvalue weighted by atomic mass is 9.94. The van der Waals surface area contributed by atoms with Gasteiger partial charge in [-0.25, -0.2) is 10.5 Å². The molecule has 2 aromatic carbocycles. The summed E-state index contributed by atoms with van der Waals surface area (Å²) < 4.78 is 6.07. The third-order valence-corrected chi connectivity index (χ3v) is 7.12. The van der Waals surface area contributed by atoms with Gasteiger partial charge in [0.2, 0.25) is 5.91 Å². The van der Waals surface area contributed by atoms with Crippen molar-refractivity contribution in [2.24, 2.45) is 5.92 Å². The van der Waals surface area contributed by atoms with Crippen LogP contribution in [0.15, 0.2) is 66.2 Å². The van der Waals surface area contributed by atoms with Crippen LogP contribution in [0.5, 0.6) is 5.75 Å². The first-order valence-corrected chi connectivity index (χ1v) is 11.4. The standard InChI is InChI=1S/C25H23N3O3S/c1-16-12-18(20-4-2-3-5-22(20)27-16)15-31-19-8-6-17(7-9-19)13-25(24-26-10-11-32-24)14-21(25)23(29)28-30/h2-12,21,30H,13-15H2,1H3,(H,28,29). The molecule has 2 unspecified atom stereocenters. The van der Waals surface area contributed by atoms with E-state index >= 15 is 0 Å². The Labute approximate surface area is 189 Å². The number of hydroxylamine groups is 1. The first-order chi connectivity index (χ1) is 15.6. The van der Waals surface area contributed by atoms with E-state index in [1.54, 1.807) is 23.0 Å². The molecule has 1 fully saturated rings. The van der Waals surface area contributed by atoms with Crippen molar-refractivity contribution in [3.63, 3.8) is 0 Å². The number of carbonyl (C=O) groups is 1. The minimum Gasteiger partial charge on any atom is -0.489 e. The fraction of sp³-hybridized carbons (Fsp3) is 0.240. The molecule has 0 bridgehead atoms. The molecule has 0 aliphatic heterocycles. The monoisotopic (exact) mass is 445 g/mol. The summed E-state index contributed by atoms with van der Waals surface area (Å²) in [5.41, 5.74) is 5.60. The Balaban J connectivity index is 1.30. The molecule has 32 heavy (non-hydrogen) atoms. The minimum absolute atomic E-state index is 0.266. The van der Waals surface area contributed by atoms with Crippen LogP contribution in [-0.4, -0.2) is 21.1 Å². The molecule has 0 radical (unpaired) electrons. The highest BCUT2D eigenvalue weighted by Gasteiger charge is 2.60. The van der Waals surface area contributed by atoms with Gasteiger partial charge in [-0.15, -0.1) is 11.3 Å². The number of thiazole rings is 1. The van der Waals surface area contributed by atoms with Gasteiger partial charge in [0.25, 0.3) is 0 Å². The van der Waals surface area contributed by atoms with E-state index in [1.165, 1.54) is 0 Å². The van der Waals surface area contributed by atoms with Crippen molar-refractivity contribution < 1.29 is 14.7 Å². The van der Waals surface area contributed by atoms with E-state index in [0.717, 1.165) is 38.5 Å². The number of pyridine rings is 1. The molecule has 0 spiro atoms. The predicted molar refractivity (Wildman–Crippen MR) is 123 cm³/mol. The zero-order valence-corrected chi connectivity index (χ0v) is 18.4. The molecule has 2 N–H and O–H groups in total. The molecular formula is C25H23N3O3S. The van der Waals surface area contributed by atoms with Gasteiger partial charge in [-0.3, -0.25) is 15.0 Å². The minimum atomic E-state index is -0.350. The number of para-hydroxylation sites is 1. The third-order valence-electron chi connectivity index (χ3n) is 6.13. The molecule has 1 amide bonds. The topological polar surface area (TPSA) is 84.3 Å². The zero-order valence-electron chi connectivity index (χ0n) is 17.6. The fourth-order valence-electron chi connectivity index (χ4n) is 4.45. The normalized spacial score (nSPS) is 19.6. The summed E-state index contributed by atoms with van der Waals surface area (Å²) in [5.74, 6) is 0.175. The number of nitrogens with one attached hydrogen (secondary N) is 1. The molecule has 6 nitrogen and oxygen atoms in total. The Morgan fingerprint density at radius 2 is 2.06 bits per heavy atom. The van der Waals surface area contributed by atoms with Gasteiger partial charge in [-0.05, 0) is 49.6 Å². The van der Waals surface area contributed by atoms with E-state index in [1.807, 2.05) is 54.8 Å². The van der Waals surface area contributed by atoms with Gasteiger partial charge in [0.05, 0.1) is 16.4 Å². The van der Waals surface area contributed by atoms with Crippen LogP contribution in [0, 0.1) is 12.8 Å². The SMILES string of the molecule is Cc1cc(COc2ccc(CC3(c4nccs4)CC3C(=O)NO)cc2)c2ccccc2n1. The average molecular weight is 446 g/mol. The molecule has 1 aliphatic rings. The lowest BCUT2D eigenvalue weighted by Gasteiger charge is -2.15. The zero-order chi connectivity index (χ0) is 22.1. The largest absolute Gasteiger partial charge is 0.489 e. The second-order valence-corrected chi connectivity index (χ2v) is 9.17. The molecule has 5 rings (SSSR count). The lowest BCUT2D eigenvalue weighted by molar-refractivity contribution is -0.131. The van der Waals surface area contributed by atoms with E-state index in [4.69, 9.17) is 9.94 Å². The molecule has 0 saturated heterocycles. The van der Waals surface area contributed by atoms with Crippen molar-refractivity contribution in [3.8, 4) is 5.75 Å². The van der Waals surface area contributed by atoms with Crippen molar-refractivity contribution >= 4 is 28.1 Å². The van der Waals surface area contributed by atoms with E-state index in [-0.39, 0.29) is 17.2 Å². The number of fused-ring (bicyclic) bond motifs is 1. The van der Waals surface area contributed by atoms with E-state index in [0.29, 0.717) is 19.4 Å². The van der Waals surface area contributed by atoms with Crippen molar-refractivity contribution in [2.75, 3.05) is 0 Å². The first kappa shape index (κ1) is 20.6. The summed E-state index contributed by atoms with van der Waals surface area (Å²) in [4.78, 5) is 21.1. The average Bonchev–Trinajstić information content (AvgIpc) is 3.26. The maximum Gasteiger partial charge on any atom is 0.247 e. The number of hydrogen-bond acceptors (Lipinski definition) is 6. The molecular weight excluding hydrogens is 422 g/mol. The maximum atomic E-state index is 12.1. The number of rotatable bonds is 7. The number of carbonyl (C=O) groups excluding carboxylic acids is 1. The summed E-state index contributed by atoms with van der Waals surface area (Å²) in [5, 5.41) is 13.0. The number of ether oxygens (including phenoxy) is 1. The van der Waals surface area contributed by atoms with Gasteiger partial charge in [0.1, 0.15) is 12.4 Å². The smallest absolute Gasteiger partial charge is 0.247 e. The number of nitrogens with zero attached hydrogens (tertiary/aromatic N) is 2. The summed E-state index contributed by atoms with van der Waals surface area (Å²) in [7, 11) is 0. The summed E-state index contributed by atoms with van der Waals surface area (Å²) in [6.07, 6.45) is 3.13. The Kier molecular flexibility index (Phi) is 5.36. The van der Waals surface area contributed by atoms with Crippen LogP contribution in [0.2, 0.25) is 0 Å². The van der Waals surface area contributed by atoms with Crippen LogP contribution < -0.4 is 10.2 Å². The fourth-order valence-corrected chi connectivity index (χ4v) is 5.35. The lowest BCUT2D eigenvalue weighted by Crippen LogP contribution is -2.26. The van der Waals surface area contributed by atoms with Gasteiger partial charge < -0.3 is 4.74 Å². The predicted octanol–water partition coefficient (Wildman–Crippen LogP) is 4.58. The number of hydrogen-bond donors (Lipinski definition) is 2. The number of amides is 1. The Hall–Kier alpha value is -3.29. The highest BCUT2D eigenvalue weighted by molar-refractivity contribution is 7.09. The van der Waals surface area contributed by atoms with Gasteiger partial charge >= 0.3 is 0 Å². The summed E-state index contributed by atoms with van der Waals surface area (Å²) in [6, 6.07) is 18.1. The Bertz CT molecular complexity index is 1260. The molecule has 2 atom stereocenters. The number of aromatic nitrogens is 2. The maximum absolute atomic E-state index is 12.1. The highest BCUT2D eigenvalue weighted by Crippen LogP contribution is 2.57. The van der Waals surface area contributed by atoms with Crippen molar-refractivity contribution in [2.45, 2.75) is 31.8 Å². The summed E-state index contributed by atoms with van der Waals surface area (Å²) >= 11 is 1.55. The van der Waals surface area contributed by atoms with E-state index in [9.17, 15) is 4.79 Å². The number of benzene rings is 2. The molecule has 7 heteroatoms. The molecule has 1 aliphatic carbocycles. The molecule has 2 heterocycles. The molecule has 4 aromatic rings. The Morgan fingerprint density at radius 3 is 2.81 bits per heavy atom. The summed E-state index contributed by atoms with van der Waals surface area (Å²) in [6.45, 7) is 2.45.